The lowest BCUT2D eigenvalue weighted by Crippen LogP contribution is -2.35. The molecule has 0 radical (unpaired) electrons. The van der Waals surface area contributed by atoms with Gasteiger partial charge in [0.25, 0.3) is 0 Å². The zero-order chi connectivity index (χ0) is 15.3. The first-order chi connectivity index (χ1) is 10.1. The molecule has 0 amide bonds. The minimum Gasteiger partial charge on any atom is -0.308 e. The average Bonchev–Trinajstić information content (AvgIpc) is 2.89. The van der Waals surface area contributed by atoms with Crippen LogP contribution in [-0.4, -0.2) is 27.5 Å². The Morgan fingerprint density at radius 3 is 2.67 bits per heavy atom. The summed E-state index contributed by atoms with van der Waals surface area (Å²) in [7, 11) is 0. The Morgan fingerprint density at radius 2 is 2.05 bits per heavy atom. The summed E-state index contributed by atoms with van der Waals surface area (Å²) < 4.78 is 28.7. The van der Waals surface area contributed by atoms with Gasteiger partial charge in [-0.15, -0.1) is 5.10 Å². The molecule has 1 heterocycles. The molecule has 120 valence electrons. The second-order valence-electron chi connectivity index (χ2n) is 6.01. The molecular formula is C15H26F2N4. The van der Waals surface area contributed by atoms with Gasteiger partial charge in [0.2, 0.25) is 5.92 Å². The van der Waals surface area contributed by atoms with E-state index in [-0.39, 0.29) is 24.8 Å². The van der Waals surface area contributed by atoms with Crippen LogP contribution in [0.2, 0.25) is 0 Å². The topological polar surface area (TPSA) is 42.7 Å². The Hall–Kier alpha value is -1.04. The molecule has 21 heavy (non-hydrogen) atoms. The average molecular weight is 300 g/mol. The maximum Gasteiger partial charge on any atom is 0.248 e. The van der Waals surface area contributed by atoms with E-state index in [9.17, 15) is 8.78 Å². The number of aromatic nitrogens is 3. The summed E-state index contributed by atoms with van der Waals surface area (Å²) in [6.07, 6.45) is 4.91. The van der Waals surface area contributed by atoms with E-state index < -0.39 is 5.92 Å². The minimum atomic E-state index is -2.48. The van der Waals surface area contributed by atoms with Gasteiger partial charge in [0, 0.05) is 19.4 Å². The van der Waals surface area contributed by atoms with Crippen molar-refractivity contribution in [2.45, 2.75) is 70.9 Å². The zero-order valence-electron chi connectivity index (χ0n) is 13.0. The fraction of sp³-hybridized carbons (Fsp3) is 0.867. The van der Waals surface area contributed by atoms with Crippen molar-refractivity contribution in [2.75, 3.05) is 6.54 Å². The van der Waals surface area contributed by atoms with Crippen molar-refractivity contribution in [3.8, 4) is 0 Å². The minimum absolute atomic E-state index is 0.00266. The Balaban J connectivity index is 2.12. The van der Waals surface area contributed by atoms with Crippen LogP contribution < -0.4 is 5.32 Å². The first-order valence-corrected chi connectivity index (χ1v) is 8.07. The van der Waals surface area contributed by atoms with Crippen LogP contribution >= 0.6 is 0 Å². The van der Waals surface area contributed by atoms with Gasteiger partial charge >= 0.3 is 0 Å². The Kier molecular flexibility index (Phi) is 5.67. The van der Waals surface area contributed by atoms with Gasteiger partial charge in [-0.25, -0.2) is 13.5 Å². The van der Waals surface area contributed by atoms with E-state index in [4.69, 9.17) is 0 Å². The number of hydrogen-bond donors (Lipinski definition) is 1. The molecule has 0 aromatic carbocycles. The Morgan fingerprint density at radius 1 is 1.33 bits per heavy atom. The second kappa shape index (κ2) is 7.29. The third kappa shape index (κ3) is 4.22. The van der Waals surface area contributed by atoms with Crippen molar-refractivity contribution in [1.82, 2.24) is 20.3 Å². The normalized spacial score (nSPS) is 20.6. The van der Waals surface area contributed by atoms with Crippen LogP contribution in [0.4, 0.5) is 8.78 Å². The number of halogens is 2. The second-order valence-corrected chi connectivity index (χ2v) is 6.01. The predicted molar refractivity (Wildman–Crippen MR) is 78.3 cm³/mol. The fourth-order valence-corrected chi connectivity index (χ4v) is 3.10. The summed E-state index contributed by atoms with van der Waals surface area (Å²) in [6, 6.07) is 0.0857. The molecule has 1 aliphatic rings. The highest BCUT2D eigenvalue weighted by molar-refractivity contribution is 5.05. The molecule has 1 atom stereocenters. The highest BCUT2D eigenvalue weighted by Gasteiger charge is 2.38. The van der Waals surface area contributed by atoms with Crippen LogP contribution in [0.3, 0.4) is 0 Å². The van der Waals surface area contributed by atoms with Crippen LogP contribution in [0.15, 0.2) is 6.20 Å². The molecule has 6 heteroatoms. The van der Waals surface area contributed by atoms with Gasteiger partial charge in [-0.05, 0) is 38.1 Å². The zero-order valence-corrected chi connectivity index (χ0v) is 13.0. The van der Waals surface area contributed by atoms with Gasteiger partial charge in [0.1, 0.15) is 0 Å². The molecule has 1 N–H and O–H groups in total. The number of nitrogens with one attached hydrogen (secondary N) is 1. The molecule has 0 spiro atoms. The van der Waals surface area contributed by atoms with E-state index >= 15 is 0 Å². The smallest absolute Gasteiger partial charge is 0.248 e. The van der Waals surface area contributed by atoms with Crippen molar-refractivity contribution in [1.29, 1.82) is 0 Å². The number of alkyl halides is 2. The van der Waals surface area contributed by atoms with Crippen LogP contribution in [0.25, 0.3) is 0 Å². The van der Waals surface area contributed by atoms with Crippen molar-refractivity contribution in [2.24, 2.45) is 5.92 Å². The van der Waals surface area contributed by atoms with Crippen molar-refractivity contribution < 1.29 is 8.78 Å². The molecule has 1 unspecified atom stereocenters. The highest BCUT2D eigenvalue weighted by Crippen LogP contribution is 2.41. The van der Waals surface area contributed by atoms with Crippen molar-refractivity contribution in [3.05, 3.63) is 11.9 Å². The van der Waals surface area contributed by atoms with Gasteiger partial charge in [-0.3, -0.25) is 0 Å². The van der Waals surface area contributed by atoms with E-state index in [0.717, 1.165) is 31.6 Å². The molecule has 0 aliphatic heterocycles. The monoisotopic (exact) mass is 300 g/mol. The van der Waals surface area contributed by atoms with Gasteiger partial charge in [0.05, 0.1) is 17.9 Å². The molecule has 1 aliphatic carbocycles. The summed E-state index contributed by atoms with van der Waals surface area (Å²) in [5.74, 6) is -2.24. The Bertz CT molecular complexity index is 423. The molecule has 2 rings (SSSR count). The van der Waals surface area contributed by atoms with Gasteiger partial charge < -0.3 is 5.32 Å². The summed E-state index contributed by atoms with van der Waals surface area (Å²) in [4.78, 5) is 0. The Labute approximate surface area is 125 Å². The fourth-order valence-electron chi connectivity index (χ4n) is 3.10. The number of rotatable bonds is 7. The van der Waals surface area contributed by atoms with Crippen LogP contribution in [0, 0.1) is 5.92 Å². The standard InChI is InChI=1S/C15H26F2N4/c1-3-9-18-14(12-5-7-15(16,17)8-6-12)13-11-19-20-21(13)10-4-2/h11-12,14,18H,3-10H2,1-2H3. The first-order valence-electron chi connectivity index (χ1n) is 8.07. The molecule has 1 aromatic rings. The summed E-state index contributed by atoms with van der Waals surface area (Å²) >= 11 is 0. The third-order valence-electron chi connectivity index (χ3n) is 4.25. The molecule has 4 nitrogen and oxygen atoms in total. The molecule has 0 saturated heterocycles. The lowest BCUT2D eigenvalue weighted by molar-refractivity contribution is -0.0500. The van der Waals surface area contributed by atoms with Crippen molar-refractivity contribution in [3.63, 3.8) is 0 Å². The summed E-state index contributed by atoms with van der Waals surface area (Å²) in [6.45, 7) is 5.92. The van der Waals surface area contributed by atoms with Gasteiger partial charge in [0.15, 0.2) is 0 Å². The lowest BCUT2D eigenvalue weighted by atomic mass is 9.81. The lowest BCUT2D eigenvalue weighted by Gasteiger charge is -2.34. The quantitative estimate of drug-likeness (QED) is 0.837. The SMILES string of the molecule is CCCNC(c1cnnn1CCC)C1CCC(F)(F)CC1. The molecular weight excluding hydrogens is 274 g/mol. The molecule has 1 saturated carbocycles. The number of aryl methyl sites for hydroxylation is 1. The van der Waals surface area contributed by atoms with Crippen LogP contribution in [-0.2, 0) is 6.54 Å². The summed E-state index contributed by atoms with van der Waals surface area (Å²) in [5.41, 5.74) is 1.04. The van der Waals surface area contributed by atoms with E-state index in [1.165, 1.54) is 0 Å². The first kappa shape index (κ1) is 16.3. The predicted octanol–water partition coefficient (Wildman–Crippen LogP) is 3.55. The van der Waals surface area contributed by atoms with Gasteiger partial charge in [-0.1, -0.05) is 19.1 Å². The molecule has 1 fully saturated rings. The largest absolute Gasteiger partial charge is 0.308 e. The summed E-state index contributed by atoms with van der Waals surface area (Å²) in [5, 5.41) is 11.7. The molecule has 0 bridgehead atoms. The van der Waals surface area contributed by atoms with Gasteiger partial charge in [-0.2, -0.15) is 0 Å². The number of nitrogens with zero attached hydrogens (tertiary/aromatic N) is 3. The van der Waals surface area contributed by atoms with E-state index in [0.29, 0.717) is 12.8 Å². The van der Waals surface area contributed by atoms with Crippen LogP contribution in [0.1, 0.15) is 64.1 Å². The third-order valence-corrected chi connectivity index (χ3v) is 4.25. The van der Waals surface area contributed by atoms with Crippen LogP contribution in [0.5, 0.6) is 0 Å². The maximum atomic E-state index is 13.4. The molecule has 1 aromatic heterocycles. The highest BCUT2D eigenvalue weighted by atomic mass is 19.3. The van der Waals surface area contributed by atoms with Crippen molar-refractivity contribution >= 4 is 0 Å². The van der Waals surface area contributed by atoms with E-state index in [2.05, 4.69) is 29.5 Å². The van der Waals surface area contributed by atoms with E-state index in [1.54, 1.807) is 6.20 Å². The maximum absolute atomic E-state index is 13.4. The van der Waals surface area contributed by atoms with E-state index in [1.807, 2.05) is 4.68 Å². The number of hydrogen-bond acceptors (Lipinski definition) is 3.